The largest absolute Gasteiger partial charge is 0.392 e. The average Bonchev–Trinajstić information content (AvgIpc) is 3.00. The normalized spacial score (nSPS) is 16.8. The molecule has 1 N–H and O–H groups in total. The number of aliphatic hydroxyl groups is 1. The Hall–Kier alpha value is -0.910. The minimum atomic E-state index is -3.47. The van der Waals surface area contributed by atoms with Gasteiger partial charge in [0.2, 0.25) is 10.0 Å². The summed E-state index contributed by atoms with van der Waals surface area (Å²) in [5, 5.41) is 9.44. The fourth-order valence-electron chi connectivity index (χ4n) is 3.21. The second-order valence-corrected chi connectivity index (χ2v) is 7.48. The van der Waals surface area contributed by atoms with E-state index in [4.69, 9.17) is 0 Å². The van der Waals surface area contributed by atoms with E-state index in [0.29, 0.717) is 17.0 Å². The average molecular weight is 311 g/mol. The highest BCUT2D eigenvalue weighted by Crippen LogP contribution is 2.29. The summed E-state index contributed by atoms with van der Waals surface area (Å²) in [5.74, 6) is 0. The molecular weight excluding hydrogens is 286 g/mol. The Kier molecular flexibility index (Phi) is 5.41. The Morgan fingerprint density at radius 1 is 1.19 bits per heavy atom. The number of benzene rings is 1. The zero-order valence-electron chi connectivity index (χ0n) is 12.9. The molecule has 0 aliphatic heterocycles. The topological polar surface area (TPSA) is 57.6 Å². The number of sulfonamides is 1. The maximum atomic E-state index is 12.9. The number of hydrogen-bond donors (Lipinski definition) is 1. The van der Waals surface area contributed by atoms with E-state index in [2.05, 4.69) is 0 Å². The van der Waals surface area contributed by atoms with E-state index in [1.54, 1.807) is 16.4 Å². The van der Waals surface area contributed by atoms with Crippen LogP contribution in [-0.4, -0.2) is 30.4 Å². The van der Waals surface area contributed by atoms with Gasteiger partial charge in [-0.05, 0) is 42.5 Å². The molecule has 0 saturated heterocycles. The van der Waals surface area contributed by atoms with Gasteiger partial charge in [-0.15, -0.1) is 0 Å². The van der Waals surface area contributed by atoms with Gasteiger partial charge in [0.1, 0.15) is 0 Å². The third-order valence-electron chi connectivity index (χ3n) is 4.38. The molecule has 118 valence electrons. The van der Waals surface area contributed by atoms with Crippen LogP contribution in [0.4, 0.5) is 0 Å². The maximum Gasteiger partial charge on any atom is 0.243 e. The zero-order valence-corrected chi connectivity index (χ0v) is 13.7. The molecule has 5 heteroatoms. The molecule has 1 aromatic carbocycles. The van der Waals surface area contributed by atoms with Crippen molar-refractivity contribution in [3.05, 3.63) is 29.3 Å². The molecule has 1 aromatic rings. The standard InChI is InChI=1S/C16H25NO3S/c1-3-13-9-10-16(11-14(13)12-18)21(19,20)17(4-2)15-7-5-6-8-15/h9-11,15,18H,3-8,12H2,1-2H3. The Morgan fingerprint density at radius 2 is 1.86 bits per heavy atom. The van der Waals surface area contributed by atoms with E-state index in [9.17, 15) is 13.5 Å². The van der Waals surface area contributed by atoms with Crippen LogP contribution in [0.2, 0.25) is 0 Å². The van der Waals surface area contributed by atoms with Gasteiger partial charge in [0, 0.05) is 12.6 Å². The molecule has 4 nitrogen and oxygen atoms in total. The Balaban J connectivity index is 2.37. The van der Waals surface area contributed by atoms with Crippen molar-refractivity contribution >= 4 is 10.0 Å². The summed E-state index contributed by atoms with van der Waals surface area (Å²) in [6, 6.07) is 5.25. The quantitative estimate of drug-likeness (QED) is 0.879. The van der Waals surface area contributed by atoms with Crippen molar-refractivity contribution in [1.29, 1.82) is 0 Å². The van der Waals surface area contributed by atoms with Gasteiger partial charge in [-0.25, -0.2) is 8.42 Å². The van der Waals surface area contributed by atoms with Gasteiger partial charge in [-0.1, -0.05) is 32.8 Å². The lowest BCUT2D eigenvalue weighted by atomic mass is 10.1. The smallest absolute Gasteiger partial charge is 0.243 e. The third kappa shape index (κ3) is 3.30. The van der Waals surface area contributed by atoms with Crippen molar-refractivity contribution < 1.29 is 13.5 Å². The summed E-state index contributed by atoms with van der Waals surface area (Å²) in [6.45, 7) is 4.27. The predicted molar refractivity (Wildman–Crippen MR) is 83.6 cm³/mol. The molecule has 1 fully saturated rings. The van der Waals surface area contributed by atoms with Crippen LogP contribution >= 0.6 is 0 Å². The first-order chi connectivity index (χ1) is 10.0. The van der Waals surface area contributed by atoms with Crippen LogP contribution in [0.3, 0.4) is 0 Å². The maximum absolute atomic E-state index is 12.9. The van der Waals surface area contributed by atoms with Crippen molar-refractivity contribution in [2.24, 2.45) is 0 Å². The molecule has 0 aromatic heterocycles. The van der Waals surface area contributed by atoms with Crippen molar-refractivity contribution in [3.8, 4) is 0 Å². The fourth-order valence-corrected chi connectivity index (χ4v) is 4.95. The number of nitrogens with zero attached hydrogens (tertiary/aromatic N) is 1. The SMILES string of the molecule is CCc1ccc(S(=O)(=O)N(CC)C2CCCC2)cc1CO. The van der Waals surface area contributed by atoms with Crippen molar-refractivity contribution in [1.82, 2.24) is 4.31 Å². The van der Waals surface area contributed by atoms with Crippen LogP contribution < -0.4 is 0 Å². The highest BCUT2D eigenvalue weighted by atomic mass is 32.2. The molecule has 0 atom stereocenters. The number of aliphatic hydroxyl groups excluding tert-OH is 1. The second kappa shape index (κ2) is 6.90. The van der Waals surface area contributed by atoms with Gasteiger partial charge < -0.3 is 5.11 Å². The molecule has 2 rings (SSSR count). The van der Waals surface area contributed by atoms with Crippen LogP contribution in [0.1, 0.15) is 50.7 Å². The Labute approximate surface area is 127 Å². The summed E-state index contributed by atoms with van der Waals surface area (Å²) < 4.78 is 27.4. The molecular formula is C16H25NO3S. The summed E-state index contributed by atoms with van der Waals surface area (Å²) in [4.78, 5) is 0.303. The van der Waals surface area contributed by atoms with Crippen molar-refractivity contribution in [2.45, 2.75) is 63.5 Å². The van der Waals surface area contributed by atoms with Crippen LogP contribution in [0.5, 0.6) is 0 Å². The summed E-state index contributed by atoms with van der Waals surface area (Å²) in [6.07, 6.45) is 4.90. The molecule has 0 spiro atoms. The number of hydrogen-bond acceptors (Lipinski definition) is 3. The molecule has 0 bridgehead atoms. The van der Waals surface area contributed by atoms with Crippen LogP contribution in [0.15, 0.2) is 23.1 Å². The molecule has 0 radical (unpaired) electrons. The molecule has 1 aliphatic rings. The van der Waals surface area contributed by atoms with Crippen LogP contribution in [-0.2, 0) is 23.1 Å². The highest BCUT2D eigenvalue weighted by molar-refractivity contribution is 7.89. The molecule has 0 unspecified atom stereocenters. The zero-order chi connectivity index (χ0) is 15.5. The lowest BCUT2D eigenvalue weighted by Gasteiger charge is -2.27. The molecule has 1 saturated carbocycles. The fraction of sp³-hybridized carbons (Fsp3) is 0.625. The monoisotopic (exact) mass is 311 g/mol. The van der Waals surface area contributed by atoms with Crippen molar-refractivity contribution in [2.75, 3.05) is 6.54 Å². The van der Waals surface area contributed by atoms with E-state index in [0.717, 1.165) is 37.7 Å². The summed E-state index contributed by atoms with van der Waals surface area (Å²) in [7, 11) is -3.47. The number of rotatable bonds is 6. The first-order valence-corrected chi connectivity index (χ1v) is 9.23. The molecule has 0 amide bonds. The van der Waals surface area contributed by atoms with Gasteiger partial charge >= 0.3 is 0 Å². The minimum Gasteiger partial charge on any atom is -0.392 e. The predicted octanol–water partition coefficient (Wildman–Crippen LogP) is 2.69. The van der Waals surface area contributed by atoms with Gasteiger partial charge in [-0.2, -0.15) is 4.31 Å². The lowest BCUT2D eigenvalue weighted by Crippen LogP contribution is -2.38. The highest BCUT2D eigenvalue weighted by Gasteiger charge is 2.32. The Bertz CT molecular complexity index is 577. The minimum absolute atomic E-state index is 0.123. The van der Waals surface area contributed by atoms with E-state index < -0.39 is 10.0 Å². The van der Waals surface area contributed by atoms with Gasteiger partial charge in [0.25, 0.3) is 0 Å². The van der Waals surface area contributed by atoms with E-state index >= 15 is 0 Å². The van der Waals surface area contributed by atoms with Crippen LogP contribution in [0.25, 0.3) is 0 Å². The van der Waals surface area contributed by atoms with Crippen molar-refractivity contribution in [3.63, 3.8) is 0 Å². The van der Waals surface area contributed by atoms with Crippen LogP contribution in [0, 0.1) is 0 Å². The molecule has 0 heterocycles. The first-order valence-electron chi connectivity index (χ1n) is 7.79. The second-order valence-electron chi connectivity index (χ2n) is 5.59. The molecule has 21 heavy (non-hydrogen) atoms. The van der Waals surface area contributed by atoms with E-state index in [1.165, 1.54) is 0 Å². The van der Waals surface area contributed by atoms with E-state index in [-0.39, 0.29) is 12.6 Å². The molecule has 1 aliphatic carbocycles. The summed E-state index contributed by atoms with van der Waals surface area (Å²) in [5.41, 5.74) is 1.71. The first kappa shape index (κ1) is 16.5. The van der Waals surface area contributed by atoms with Gasteiger partial charge in [0.15, 0.2) is 0 Å². The summed E-state index contributed by atoms with van der Waals surface area (Å²) >= 11 is 0. The van der Waals surface area contributed by atoms with Gasteiger partial charge in [-0.3, -0.25) is 0 Å². The van der Waals surface area contributed by atoms with E-state index in [1.807, 2.05) is 19.9 Å². The third-order valence-corrected chi connectivity index (χ3v) is 6.40. The lowest BCUT2D eigenvalue weighted by molar-refractivity contribution is 0.280. The van der Waals surface area contributed by atoms with Gasteiger partial charge in [0.05, 0.1) is 11.5 Å². The Morgan fingerprint density at radius 3 is 2.38 bits per heavy atom. The number of aryl methyl sites for hydroxylation is 1.